The van der Waals surface area contributed by atoms with Gasteiger partial charge in [0, 0.05) is 0 Å². The highest BCUT2D eigenvalue weighted by molar-refractivity contribution is 8.02. The van der Waals surface area contributed by atoms with E-state index in [0.717, 1.165) is 0 Å². The van der Waals surface area contributed by atoms with Crippen LogP contribution in [0.25, 0.3) is 0 Å². The van der Waals surface area contributed by atoms with E-state index in [0.29, 0.717) is 0 Å². The maximum Gasteiger partial charge on any atom is 0.0700 e. The molecular formula is C10H14N2S. The summed E-state index contributed by atoms with van der Waals surface area (Å²) in [5.41, 5.74) is 3.96. The zero-order valence-corrected chi connectivity index (χ0v) is 8.96. The average Bonchev–Trinajstić information content (AvgIpc) is 2.47. The van der Waals surface area contributed by atoms with Crippen molar-refractivity contribution in [1.29, 1.82) is 0 Å². The van der Waals surface area contributed by atoms with E-state index in [4.69, 9.17) is 0 Å². The molecule has 0 aliphatic carbocycles. The lowest BCUT2D eigenvalue weighted by Gasteiger charge is -2.19. The van der Waals surface area contributed by atoms with E-state index in [9.17, 15) is 0 Å². The van der Waals surface area contributed by atoms with Crippen LogP contribution in [0.5, 0.6) is 0 Å². The van der Waals surface area contributed by atoms with Crippen molar-refractivity contribution in [3.8, 4) is 0 Å². The second-order valence-electron chi connectivity index (χ2n) is 4.32. The third-order valence-electron chi connectivity index (χ3n) is 2.21. The number of nitrogens with one attached hydrogen (secondary N) is 2. The van der Waals surface area contributed by atoms with Crippen LogP contribution in [0.4, 0.5) is 11.4 Å². The lowest BCUT2D eigenvalue weighted by molar-refractivity contribution is 0.590. The monoisotopic (exact) mass is 194 g/mol. The minimum absolute atomic E-state index is 0.226. The molecule has 3 heteroatoms. The highest BCUT2D eigenvalue weighted by Gasteiger charge is 2.17. The average molecular weight is 194 g/mol. The first-order valence-electron chi connectivity index (χ1n) is 4.40. The van der Waals surface area contributed by atoms with E-state index in [-0.39, 0.29) is 5.41 Å². The van der Waals surface area contributed by atoms with E-state index >= 15 is 0 Å². The summed E-state index contributed by atoms with van der Waals surface area (Å²) < 4.78 is 6.40. The van der Waals surface area contributed by atoms with Crippen molar-refractivity contribution in [1.82, 2.24) is 0 Å². The summed E-state index contributed by atoms with van der Waals surface area (Å²) in [6.45, 7) is 6.68. The molecule has 1 aliphatic rings. The van der Waals surface area contributed by atoms with Gasteiger partial charge in [0.15, 0.2) is 0 Å². The molecule has 0 unspecified atom stereocenters. The Balaban J connectivity index is 2.42. The molecule has 0 amide bonds. The maximum absolute atomic E-state index is 3.22. The summed E-state index contributed by atoms with van der Waals surface area (Å²) in [5.74, 6) is 0. The summed E-state index contributed by atoms with van der Waals surface area (Å²) >= 11 is 1.52. The molecule has 0 saturated carbocycles. The van der Waals surface area contributed by atoms with E-state index in [1.165, 1.54) is 29.1 Å². The van der Waals surface area contributed by atoms with Crippen LogP contribution in [-0.2, 0) is 5.41 Å². The van der Waals surface area contributed by atoms with Gasteiger partial charge in [-0.2, -0.15) is 0 Å². The van der Waals surface area contributed by atoms with Crippen LogP contribution < -0.4 is 9.44 Å². The number of rotatable bonds is 0. The second-order valence-corrected chi connectivity index (χ2v) is 4.93. The first-order valence-corrected chi connectivity index (χ1v) is 5.21. The van der Waals surface area contributed by atoms with Crippen LogP contribution in [0.1, 0.15) is 26.3 Å². The largest absolute Gasteiger partial charge is 0.310 e. The number of hydrogen-bond donors (Lipinski definition) is 2. The van der Waals surface area contributed by atoms with Crippen molar-refractivity contribution in [2.75, 3.05) is 9.44 Å². The minimum atomic E-state index is 0.226. The Kier molecular flexibility index (Phi) is 1.91. The molecule has 13 heavy (non-hydrogen) atoms. The number of benzene rings is 1. The van der Waals surface area contributed by atoms with E-state index in [2.05, 4.69) is 48.4 Å². The van der Waals surface area contributed by atoms with Crippen LogP contribution >= 0.6 is 12.1 Å². The van der Waals surface area contributed by atoms with Gasteiger partial charge in [-0.25, -0.2) is 0 Å². The molecule has 2 nitrogen and oxygen atoms in total. The predicted molar refractivity (Wildman–Crippen MR) is 60.0 cm³/mol. The Labute approximate surface area is 83.4 Å². The zero-order chi connectivity index (χ0) is 9.47. The molecule has 1 aliphatic heterocycles. The molecular weight excluding hydrogens is 180 g/mol. The summed E-state index contributed by atoms with van der Waals surface area (Å²) in [6.07, 6.45) is 0. The molecule has 0 radical (unpaired) electrons. The molecule has 0 bridgehead atoms. The zero-order valence-electron chi connectivity index (χ0n) is 8.14. The topological polar surface area (TPSA) is 24.1 Å². The third-order valence-corrected chi connectivity index (χ3v) is 2.85. The smallest absolute Gasteiger partial charge is 0.0700 e. The van der Waals surface area contributed by atoms with E-state index < -0.39 is 0 Å². The van der Waals surface area contributed by atoms with Crippen LogP contribution in [0.15, 0.2) is 18.2 Å². The van der Waals surface area contributed by atoms with Gasteiger partial charge in [0.25, 0.3) is 0 Å². The fourth-order valence-corrected chi connectivity index (χ4v) is 1.94. The third kappa shape index (κ3) is 1.61. The molecule has 2 rings (SSSR count). The lowest BCUT2D eigenvalue weighted by atomic mass is 9.87. The van der Waals surface area contributed by atoms with Crippen molar-refractivity contribution in [2.45, 2.75) is 26.2 Å². The molecule has 2 N–H and O–H groups in total. The fraction of sp³-hybridized carbons (Fsp3) is 0.400. The molecule has 0 spiro atoms. The normalized spacial score (nSPS) is 14.7. The summed E-state index contributed by atoms with van der Waals surface area (Å²) in [5, 5.41) is 0. The van der Waals surface area contributed by atoms with Gasteiger partial charge in [-0.05, 0) is 23.1 Å². The van der Waals surface area contributed by atoms with E-state index in [1.54, 1.807) is 0 Å². The highest BCUT2D eigenvalue weighted by Crippen LogP contribution is 2.36. The standard InChI is InChI=1S/C10H14N2S/c1-10(2,3)7-4-5-8-9(6-7)12-13-11-8/h4-6,11-12H,1-3H3. The Morgan fingerprint density at radius 1 is 1.08 bits per heavy atom. The van der Waals surface area contributed by atoms with Crippen LogP contribution in [0, 0.1) is 0 Å². The van der Waals surface area contributed by atoms with Crippen molar-refractivity contribution < 1.29 is 0 Å². The van der Waals surface area contributed by atoms with Gasteiger partial charge in [0.1, 0.15) is 0 Å². The molecule has 1 aromatic carbocycles. The maximum atomic E-state index is 3.22. The predicted octanol–water partition coefficient (Wildman–Crippen LogP) is 3.38. The van der Waals surface area contributed by atoms with Crippen molar-refractivity contribution in [3.05, 3.63) is 23.8 Å². The van der Waals surface area contributed by atoms with Gasteiger partial charge in [0.05, 0.1) is 23.5 Å². The lowest BCUT2D eigenvalue weighted by Crippen LogP contribution is -2.10. The number of fused-ring (bicyclic) bond motifs is 1. The Morgan fingerprint density at radius 3 is 2.46 bits per heavy atom. The Bertz CT molecular complexity index is 328. The van der Waals surface area contributed by atoms with Crippen molar-refractivity contribution in [3.63, 3.8) is 0 Å². The van der Waals surface area contributed by atoms with Crippen LogP contribution in [0.2, 0.25) is 0 Å². The number of hydrogen-bond acceptors (Lipinski definition) is 3. The summed E-state index contributed by atoms with van der Waals surface area (Å²) in [4.78, 5) is 0. The Hall–Kier alpha value is -0.830. The first kappa shape index (κ1) is 8.75. The highest BCUT2D eigenvalue weighted by atomic mass is 32.2. The van der Waals surface area contributed by atoms with E-state index in [1.807, 2.05) is 0 Å². The SMILES string of the molecule is CC(C)(C)c1ccc2c(c1)NSN2. The minimum Gasteiger partial charge on any atom is -0.310 e. The van der Waals surface area contributed by atoms with Gasteiger partial charge in [-0.3, -0.25) is 0 Å². The molecule has 0 aromatic heterocycles. The summed E-state index contributed by atoms with van der Waals surface area (Å²) in [7, 11) is 0. The van der Waals surface area contributed by atoms with Gasteiger partial charge in [-0.15, -0.1) is 0 Å². The molecule has 1 aromatic rings. The van der Waals surface area contributed by atoms with Crippen molar-refractivity contribution in [2.24, 2.45) is 0 Å². The Morgan fingerprint density at radius 2 is 1.77 bits per heavy atom. The van der Waals surface area contributed by atoms with Crippen LogP contribution in [0.3, 0.4) is 0 Å². The first-order chi connectivity index (χ1) is 6.07. The second kappa shape index (κ2) is 2.84. The number of anilines is 2. The molecule has 70 valence electrons. The molecule has 0 fully saturated rings. The van der Waals surface area contributed by atoms with Gasteiger partial charge in [0.2, 0.25) is 0 Å². The van der Waals surface area contributed by atoms with Crippen molar-refractivity contribution >= 4 is 23.5 Å². The van der Waals surface area contributed by atoms with Gasteiger partial charge >= 0.3 is 0 Å². The summed E-state index contributed by atoms with van der Waals surface area (Å²) in [6, 6.07) is 6.52. The molecule has 0 atom stereocenters. The van der Waals surface area contributed by atoms with Gasteiger partial charge < -0.3 is 9.44 Å². The quantitative estimate of drug-likeness (QED) is 0.619. The van der Waals surface area contributed by atoms with Gasteiger partial charge in [-0.1, -0.05) is 26.8 Å². The fourth-order valence-electron chi connectivity index (χ4n) is 1.32. The van der Waals surface area contributed by atoms with Crippen LogP contribution in [-0.4, -0.2) is 0 Å². The molecule has 0 saturated heterocycles. The molecule has 1 heterocycles.